The number of benzene rings is 1. The molecule has 2 rings (SSSR count). The summed E-state index contributed by atoms with van der Waals surface area (Å²) in [4.78, 5) is 18.7. The lowest BCUT2D eigenvalue weighted by Crippen LogP contribution is -2.52. The molecular formula is C19H32N4O3. The van der Waals surface area contributed by atoms with Crippen LogP contribution in [0.3, 0.4) is 0 Å². The molecule has 1 aromatic rings. The van der Waals surface area contributed by atoms with Gasteiger partial charge in [-0.3, -0.25) is 4.90 Å². The Morgan fingerprint density at radius 3 is 2.38 bits per heavy atom. The normalized spacial score (nSPS) is 15.2. The standard InChI is InChI=1S/C19H32N4O3/c1-21(2)10-4-11-22-12-14-23(15-13-22)19(24)20-9-16-26-18-7-5-17(25-3)6-8-18/h5-8H,4,9-16H2,1-3H3,(H,20,24). The van der Waals surface area contributed by atoms with Crippen molar-refractivity contribution in [2.24, 2.45) is 0 Å². The fourth-order valence-corrected chi connectivity index (χ4v) is 2.90. The molecule has 0 unspecified atom stereocenters. The van der Waals surface area contributed by atoms with Crippen molar-refractivity contribution in [1.82, 2.24) is 20.0 Å². The molecule has 1 heterocycles. The van der Waals surface area contributed by atoms with E-state index in [1.54, 1.807) is 7.11 Å². The molecule has 7 nitrogen and oxygen atoms in total. The number of nitrogens with one attached hydrogen (secondary N) is 1. The number of hydrogen-bond acceptors (Lipinski definition) is 5. The third kappa shape index (κ3) is 7.09. The molecule has 146 valence electrons. The number of methoxy groups -OCH3 is 1. The Morgan fingerprint density at radius 1 is 1.12 bits per heavy atom. The largest absolute Gasteiger partial charge is 0.497 e. The lowest BCUT2D eigenvalue weighted by atomic mass is 10.3. The van der Waals surface area contributed by atoms with E-state index in [-0.39, 0.29) is 6.03 Å². The van der Waals surface area contributed by atoms with E-state index in [1.165, 1.54) is 6.42 Å². The van der Waals surface area contributed by atoms with Gasteiger partial charge < -0.3 is 24.6 Å². The molecule has 1 N–H and O–H groups in total. The molecular weight excluding hydrogens is 332 g/mol. The van der Waals surface area contributed by atoms with E-state index in [1.807, 2.05) is 29.2 Å². The average molecular weight is 364 g/mol. The van der Waals surface area contributed by atoms with Crippen LogP contribution in [-0.2, 0) is 0 Å². The van der Waals surface area contributed by atoms with Crippen LogP contribution in [0.4, 0.5) is 4.79 Å². The monoisotopic (exact) mass is 364 g/mol. The zero-order valence-corrected chi connectivity index (χ0v) is 16.2. The topological polar surface area (TPSA) is 57.3 Å². The first kappa shape index (κ1) is 20.3. The molecule has 1 aliphatic rings. The maximum absolute atomic E-state index is 12.2. The second kappa shape index (κ2) is 10.9. The van der Waals surface area contributed by atoms with Crippen LogP contribution in [0.15, 0.2) is 24.3 Å². The van der Waals surface area contributed by atoms with Crippen LogP contribution in [0.25, 0.3) is 0 Å². The van der Waals surface area contributed by atoms with E-state index in [4.69, 9.17) is 9.47 Å². The van der Waals surface area contributed by atoms with Crippen LogP contribution in [0.2, 0.25) is 0 Å². The summed E-state index contributed by atoms with van der Waals surface area (Å²) in [5, 5.41) is 2.93. The zero-order valence-electron chi connectivity index (χ0n) is 16.2. The first-order valence-electron chi connectivity index (χ1n) is 9.25. The van der Waals surface area contributed by atoms with Crippen LogP contribution in [0, 0.1) is 0 Å². The number of nitrogens with zero attached hydrogens (tertiary/aromatic N) is 3. The summed E-state index contributed by atoms with van der Waals surface area (Å²) in [7, 11) is 5.83. The minimum atomic E-state index is -0.00345. The SMILES string of the molecule is COc1ccc(OCCNC(=O)N2CCN(CCCN(C)C)CC2)cc1. The number of rotatable bonds is 9. The predicted molar refractivity (Wildman–Crippen MR) is 103 cm³/mol. The summed E-state index contributed by atoms with van der Waals surface area (Å²) in [6, 6.07) is 7.42. The van der Waals surface area contributed by atoms with Crippen LogP contribution in [0.5, 0.6) is 11.5 Å². The highest BCUT2D eigenvalue weighted by atomic mass is 16.5. The Hall–Kier alpha value is -1.99. The molecule has 7 heteroatoms. The van der Waals surface area contributed by atoms with Crippen molar-refractivity contribution >= 4 is 6.03 Å². The highest BCUT2D eigenvalue weighted by Gasteiger charge is 2.20. The molecule has 0 atom stereocenters. The van der Waals surface area contributed by atoms with Gasteiger partial charge in [0.15, 0.2) is 0 Å². The van der Waals surface area contributed by atoms with E-state index in [9.17, 15) is 4.79 Å². The van der Waals surface area contributed by atoms with Gasteiger partial charge in [-0.2, -0.15) is 0 Å². The Balaban J connectivity index is 1.57. The fraction of sp³-hybridized carbons (Fsp3) is 0.632. The third-order valence-corrected chi connectivity index (χ3v) is 4.45. The van der Waals surface area contributed by atoms with Gasteiger partial charge in [0.1, 0.15) is 18.1 Å². The van der Waals surface area contributed by atoms with Crippen LogP contribution in [0.1, 0.15) is 6.42 Å². The lowest BCUT2D eigenvalue weighted by molar-refractivity contribution is 0.135. The molecule has 1 saturated heterocycles. The van der Waals surface area contributed by atoms with Crippen molar-refractivity contribution in [2.75, 3.05) is 73.6 Å². The van der Waals surface area contributed by atoms with Gasteiger partial charge in [0.2, 0.25) is 0 Å². The highest BCUT2D eigenvalue weighted by molar-refractivity contribution is 5.74. The molecule has 0 aliphatic carbocycles. The van der Waals surface area contributed by atoms with Crippen molar-refractivity contribution in [2.45, 2.75) is 6.42 Å². The lowest BCUT2D eigenvalue weighted by Gasteiger charge is -2.34. The Labute approximate surface area is 156 Å². The minimum absolute atomic E-state index is 0.00345. The van der Waals surface area contributed by atoms with Gasteiger partial charge in [0.25, 0.3) is 0 Å². The van der Waals surface area contributed by atoms with Crippen LogP contribution >= 0.6 is 0 Å². The number of urea groups is 1. The summed E-state index contributed by atoms with van der Waals surface area (Å²) in [6.07, 6.45) is 1.17. The maximum Gasteiger partial charge on any atom is 0.317 e. The number of ether oxygens (including phenoxy) is 2. The number of carbonyl (C=O) groups is 1. The average Bonchev–Trinajstić information content (AvgIpc) is 2.66. The quantitative estimate of drug-likeness (QED) is 0.671. The molecule has 2 amide bonds. The summed E-state index contributed by atoms with van der Waals surface area (Å²) in [5.41, 5.74) is 0. The number of piperazine rings is 1. The van der Waals surface area contributed by atoms with Crippen molar-refractivity contribution in [3.8, 4) is 11.5 Å². The summed E-state index contributed by atoms with van der Waals surface area (Å²) in [6.45, 7) is 6.61. The predicted octanol–water partition coefficient (Wildman–Crippen LogP) is 1.35. The summed E-state index contributed by atoms with van der Waals surface area (Å²) in [5.74, 6) is 1.57. The van der Waals surface area contributed by atoms with Gasteiger partial charge in [-0.15, -0.1) is 0 Å². The van der Waals surface area contributed by atoms with E-state index < -0.39 is 0 Å². The number of carbonyl (C=O) groups excluding carboxylic acids is 1. The number of hydrogen-bond donors (Lipinski definition) is 1. The van der Waals surface area contributed by atoms with Crippen molar-refractivity contribution in [3.63, 3.8) is 0 Å². The maximum atomic E-state index is 12.2. The Kier molecular flexibility index (Phi) is 8.50. The molecule has 0 spiro atoms. The Bertz CT molecular complexity index is 528. The van der Waals surface area contributed by atoms with Crippen molar-refractivity contribution in [1.29, 1.82) is 0 Å². The molecule has 1 aromatic carbocycles. The van der Waals surface area contributed by atoms with E-state index in [0.29, 0.717) is 13.2 Å². The third-order valence-electron chi connectivity index (χ3n) is 4.45. The van der Waals surface area contributed by atoms with Gasteiger partial charge in [0, 0.05) is 26.2 Å². The smallest absolute Gasteiger partial charge is 0.317 e. The van der Waals surface area contributed by atoms with E-state index in [0.717, 1.165) is 50.8 Å². The Morgan fingerprint density at radius 2 is 1.77 bits per heavy atom. The fourth-order valence-electron chi connectivity index (χ4n) is 2.90. The summed E-state index contributed by atoms with van der Waals surface area (Å²) >= 11 is 0. The van der Waals surface area contributed by atoms with E-state index in [2.05, 4.69) is 29.2 Å². The minimum Gasteiger partial charge on any atom is -0.497 e. The van der Waals surface area contributed by atoms with E-state index >= 15 is 0 Å². The van der Waals surface area contributed by atoms with Gasteiger partial charge in [-0.1, -0.05) is 0 Å². The molecule has 26 heavy (non-hydrogen) atoms. The molecule has 0 bridgehead atoms. The van der Waals surface area contributed by atoms with Gasteiger partial charge in [-0.05, 0) is 57.9 Å². The van der Waals surface area contributed by atoms with Crippen LogP contribution < -0.4 is 14.8 Å². The van der Waals surface area contributed by atoms with Gasteiger partial charge >= 0.3 is 6.03 Å². The highest BCUT2D eigenvalue weighted by Crippen LogP contribution is 2.16. The van der Waals surface area contributed by atoms with Crippen LogP contribution in [-0.4, -0.2) is 94.4 Å². The zero-order chi connectivity index (χ0) is 18.8. The van der Waals surface area contributed by atoms with Crippen molar-refractivity contribution < 1.29 is 14.3 Å². The second-order valence-electron chi connectivity index (χ2n) is 6.74. The molecule has 1 aliphatic heterocycles. The van der Waals surface area contributed by atoms with Gasteiger partial charge in [-0.25, -0.2) is 4.79 Å². The number of amides is 2. The molecule has 1 fully saturated rings. The van der Waals surface area contributed by atoms with Crippen molar-refractivity contribution in [3.05, 3.63) is 24.3 Å². The van der Waals surface area contributed by atoms with Gasteiger partial charge in [0.05, 0.1) is 13.7 Å². The molecule has 0 radical (unpaired) electrons. The second-order valence-corrected chi connectivity index (χ2v) is 6.74. The molecule has 0 saturated carbocycles. The molecule has 0 aromatic heterocycles. The first-order valence-corrected chi connectivity index (χ1v) is 9.25. The first-order chi connectivity index (χ1) is 12.6. The summed E-state index contributed by atoms with van der Waals surface area (Å²) < 4.78 is 10.7.